The molecule has 3 saturated heterocycles. The largest absolute Gasteiger partial charge is 0.394 e. The molecule has 0 aromatic carbocycles. The first-order valence-electron chi connectivity index (χ1n) is 18.6. The summed E-state index contributed by atoms with van der Waals surface area (Å²) in [5.41, 5.74) is -0.188. The molecular formula is C35H62O16. The van der Waals surface area contributed by atoms with Crippen molar-refractivity contribution in [3.05, 3.63) is 0 Å². The summed E-state index contributed by atoms with van der Waals surface area (Å²) < 4.78 is 36.3. The Balaban J connectivity index is 1.52. The van der Waals surface area contributed by atoms with Crippen LogP contribution in [0.25, 0.3) is 0 Å². The lowest BCUT2D eigenvalue weighted by atomic mass is 9.55. The van der Waals surface area contributed by atoms with Crippen molar-refractivity contribution in [1.29, 1.82) is 0 Å². The van der Waals surface area contributed by atoms with Crippen LogP contribution in [-0.4, -0.2) is 169 Å². The normalized spacial score (nSPS) is 50.9. The Hall–Kier alpha value is -0.640. The Kier molecular flexibility index (Phi) is 13.5. The van der Waals surface area contributed by atoms with Gasteiger partial charge in [0.1, 0.15) is 73.8 Å². The van der Waals surface area contributed by atoms with Crippen LogP contribution in [0.5, 0.6) is 0 Å². The minimum Gasteiger partial charge on any atom is -0.394 e. The van der Waals surface area contributed by atoms with Crippen LogP contribution in [0.1, 0.15) is 79.1 Å². The first-order chi connectivity index (χ1) is 24.1. The maximum absolute atomic E-state index is 11.5. The number of hydrogen-bond donors (Lipinski definition) is 10. The maximum atomic E-state index is 11.5. The van der Waals surface area contributed by atoms with Gasteiger partial charge in [0.05, 0.1) is 25.9 Å². The molecule has 16 nitrogen and oxygen atoms in total. The Bertz CT molecular complexity index is 1110. The van der Waals surface area contributed by atoms with Crippen LogP contribution in [0.2, 0.25) is 0 Å². The van der Waals surface area contributed by atoms with E-state index in [-0.39, 0.29) is 16.7 Å². The van der Waals surface area contributed by atoms with Crippen molar-refractivity contribution in [3.8, 4) is 0 Å². The smallest absolute Gasteiger partial charge is 0.219 e. The van der Waals surface area contributed by atoms with Gasteiger partial charge in [-0.15, -0.1) is 0 Å². The number of rotatable bonds is 10. The predicted octanol–water partition coefficient (Wildman–Crippen LogP) is -1.75. The highest BCUT2D eigenvalue weighted by molar-refractivity contribution is 5.03. The molecule has 0 spiro atoms. The molecule has 0 aromatic rings. The Morgan fingerprint density at radius 3 is 2.00 bits per heavy atom. The van der Waals surface area contributed by atoms with E-state index in [9.17, 15) is 51.1 Å². The Morgan fingerprint density at radius 2 is 1.35 bits per heavy atom. The minimum absolute atomic E-state index is 0.120. The number of fused-ring (bicyclic) bond motifs is 2. The van der Waals surface area contributed by atoms with Gasteiger partial charge in [-0.3, -0.25) is 0 Å². The van der Waals surface area contributed by atoms with E-state index >= 15 is 0 Å². The zero-order valence-electron chi connectivity index (χ0n) is 30.1. The van der Waals surface area contributed by atoms with E-state index in [0.717, 1.165) is 44.9 Å². The fourth-order valence-electron chi connectivity index (χ4n) is 9.27. The second kappa shape index (κ2) is 16.6. The number of aliphatic hydroxyl groups is 10. The molecule has 51 heavy (non-hydrogen) atoms. The Labute approximate surface area is 299 Å². The van der Waals surface area contributed by atoms with E-state index in [1.165, 1.54) is 0 Å². The molecular weight excluding hydrogens is 676 g/mol. The van der Waals surface area contributed by atoms with Gasteiger partial charge in [-0.1, -0.05) is 47.0 Å². The molecule has 10 N–H and O–H groups in total. The molecule has 0 radical (unpaired) electrons. The van der Waals surface area contributed by atoms with Crippen molar-refractivity contribution < 1.29 is 79.5 Å². The number of aliphatic hydroxyl groups excluding tert-OH is 9. The lowest BCUT2D eigenvalue weighted by Crippen LogP contribution is -2.70. The van der Waals surface area contributed by atoms with Crippen LogP contribution in [0.3, 0.4) is 0 Å². The summed E-state index contributed by atoms with van der Waals surface area (Å²) in [4.78, 5) is 0. The molecule has 0 aromatic heterocycles. The van der Waals surface area contributed by atoms with Crippen LogP contribution in [0.15, 0.2) is 0 Å². The van der Waals surface area contributed by atoms with Crippen LogP contribution in [-0.2, 0) is 28.4 Å². The van der Waals surface area contributed by atoms with Gasteiger partial charge in [0.15, 0.2) is 12.6 Å². The second-order valence-electron chi connectivity index (χ2n) is 16.2. The van der Waals surface area contributed by atoms with Crippen molar-refractivity contribution in [2.45, 2.75) is 171 Å². The zero-order valence-corrected chi connectivity index (χ0v) is 30.1. The van der Waals surface area contributed by atoms with Crippen molar-refractivity contribution in [2.24, 2.45) is 22.7 Å². The molecule has 2 saturated carbocycles. The third-order valence-electron chi connectivity index (χ3n) is 12.9. The molecule has 16 heteroatoms. The van der Waals surface area contributed by atoms with E-state index in [0.29, 0.717) is 12.3 Å². The summed E-state index contributed by atoms with van der Waals surface area (Å²) in [7, 11) is 0. The lowest BCUT2D eigenvalue weighted by molar-refractivity contribution is -0.414. The molecule has 5 rings (SSSR count). The summed E-state index contributed by atoms with van der Waals surface area (Å²) in [6, 6.07) is 0. The van der Waals surface area contributed by atoms with Gasteiger partial charge in [0.2, 0.25) is 5.79 Å². The van der Waals surface area contributed by atoms with E-state index in [1.54, 1.807) is 0 Å². The fourth-order valence-corrected chi connectivity index (χ4v) is 9.27. The van der Waals surface area contributed by atoms with E-state index in [1.807, 2.05) is 0 Å². The first-order valence-corrected chi connectivity index (χ1v) is 18.6. The van der Waals surface area contributed by atoms with Gasteiger partial charge in [0, 0.05) is 0 Å². The topological polar surface area (TPSA) is 258 Å². The van der Waals surface area contributed by atoms with E-state index in [2.05, 4.69) is 27.7 Å². The third kappa shape index (κ3) is 8.04. The van der Waals surface area contributed by atoms with Gasteiger partial charge < -0.3 is 79.5 Å². The summed E-state index contributed by atoms with van der Waals surface area (Å²) in [5, 5.41) is 106. The van der Waals surface area contributed by atoms with Crippen LogP contribution in [0, 0.1) is 22.7 Å². The van der Waals surface area contributed by atoms with Crippen molar-refractivity contribution in [3.63, 3.8) is 0 Å². The molecule has 298 valence electrons. The minimum atomic E-state index is -2.68. The summed E-state index contributed by atoms with van der Waals surface area (Å²) >= 11 is 0. The van der Waals surface area contributed by atoms with Crippen LogP contribution in [0.4, 0.5) is 0 Å². The van der Waals surface area contributed by atoms with Crippen LogP contribution < -0.4 is 0 Å². The summed E-state index contributed by atoms with van der Waals surface area (Å²) in [6.45, 7) is 6.14. The molecule has 2 aliphatic carbocycles. The van der Waals surface area contributed by atoms with Crippen LogP contribution >= 0.6 is 0 Å². The van der Waals surface area contributed by atoms with Gasteiger partial charge in [-0.25, -0.2) is 0 Å². The SMILES string of the molecule is CC[C@@]12C[C@@H](CCC1O[C@@H]1OC(CO)[C@@H](O)C(O[C@]3(O)COC(CO)[C@@H](O)C3O)C1O[C@@H]1OC(CO)[C@@H](O)C(O)C1O)C(C)(C)CCCCC2C. The van der Waals surface area contributed by atoms with Crippen molar-refractivity contribution in [2.75, 3.05) is 26.4 Å². The Morgan fingerprint density at radius 1 is 0.706 bits per heavy atom. The molecule has 0 amide bonds. The van der Waals surface area contributed by atoms with E-state index in [4.69, 9.17) is 28.4 Å². The molecule has 2 bridgehead atoms. The van der Waals surface area contributed by atoms with Gasteiger partial charge >= 0.3 is 0 Å². The van der Waals surface area contributed by atoms with Gasteiger partial charge in [0.25, 0.3) is 0 Å². The molecule has 5 fully saturated rings. The fraction of sp³-hybridized carbons (Fsp3) is 1.00. The van der Waals surface area contributed by atoms with Gasteiger partial charge in [-0.05, 0) is 54.8 Å². The molecule has 3 aliphatic heterocycles. The molecule has 5 aliphatic rings. The van der Waals surface area contributed by atoms with Crippen molar-refractivity contribution >= 4 is 0 Å². The monoisotopic (exact) mass is 738 g/mol. The molecule has 3 heterocycles. The molecule has 18 atom stereocenters. The summed E-state index contributed by atoms with van der Waals surface area (Å²) in [6.07, 6.45) is -14.4. The van der Waals surface area contributed by atoms with Crippen molar-refractivity contribution in [1.82, 2.24) is 0 Å². The zero-order chi connectivity index (χ0) is 37.5. The first kappa shape index (κ1) is 41.5. The third-order valence-corrected chi connectivity index (χ3v) is 12.9. The average molecular weight is 739 g/mol. The number of ether oxygens (including phenoxy) is 6. The van der Waals surface area contributed by atoms with Gasteiger partial charge in [-0.2, -0.15) is 0 Å². The standard InChI is InChI=1S/C35H62O16/c1-5-34-12-18(33(3,4)11-7-6-8-17(34)2)9-10-22(34)49-32-29(50-31-27(43)26(42)23(39)20(14-37)47-31)28(24(40)21(15-38)48-32)51-35(45)16-46-19(13-36)25(41)30(35)44/h17-32,36-45H,5-16H2,1-4H3/t17?,18-,19?,20?,21?,22?,23-,24-,25-,26?,27?,28?,29?,30?,31+,32+,34+,35-/m1/s1. The average Bonchev–Trinajstić information content (AvgIpc) is 3.14. The quantitative estimate of drug-likeness (QED) is 0.112. The lowest BCUT2D eigenvalue weighted by Gasteiger charge is -2.55. The highest BCUT2D eigenvalue weighted by atomic mass is 16.8. The molecule has 10 unspecified atom stereocenters. The maximum Gasteiger partial charge on any atom is 0.219 e. The summed E-state index contributed by atoms with van der Waals surface area (Å²) in [5.74, 6) is -2.00. The number of hydrogen-bond acceptors (Lipinski definition) is 16. The predicted molar refractivity (Wildman–Crippen MR) is 175 cm³/mol. The second-order valence-corrected chi connectivity index (χ2v) is 16.2. The highest BCUT2D eigenvalue weighted by Crippen LogP contribution is 2.56. The van der Waals surface area contributed by atoms with E-state index < -0.39 is 118 Å². The highest BCUT2D eigenvalue weighted by Gasteiger charge is 2.59.